The number of fused-ring (bicyclic) bond motifs is 4. The topological polar surface area (TPSA) is 105 Å². The molecule has 5 atom stereocenters. The third-order valence-corrected chi connectivity index (χ3v) is 11.8. The fourth-order valence-corrected chi connectivity index (χ4v) is 8.98. The highest BCUT2D eigenvalue weighted by Gasteiger charge is 2.51. The van der Waals surface area contributed by atoms with E-state index in [1.165, 1.54) is 0 Å². The Labute approximate surface area is 286 Å². The van der Waals surface area contributed by atoms with Gasteiger partial charge in [0.1, 0.15) is 5.52 Å². The van der Waals surface area contributed by atoms with Gasteiger partial charge in [-0.25, -0.2) is 9.37 Å². The largest absolute Gasteiger partial charge is 0.337 e. The number of aryl methyl sites for hydroxylation is 2. The summed E-state index contributed by atoms with van der Waals surface area (Å²) < 4.78 is 19.5. The molecule has 3 aromatic heterocycles. The Morgan fingerprint density at radius 3 is 2.67 bits per heavy atom. The molecule has 5 aromatic rings. The summed E-state index contributed by atoms with van der Waals surface area (Å²) in [5.74, 6) is 0.204. The van der Waals surface area contributed by atoms with Crippen molar-refractivity contribution in [3.05, 3.63) is 75.5 Å². The number of nitriles is 1. The molecule has 2 aliphatic carbocycles. The summed E-state index contributed by atoms with van der Waals surface area (Å²) in [5.41, 5.74) is 4.43. The van der Waals surface area contributed by atoms with Crippen molar-refractivity contribution in [2.75, 3.05) is 13.1 Å². The zero-order valence-electron chi connectivity index (χ0n) is 26.3. The first kappa shape index (κ1) is 30.1. The fourth-order valence-electron chi connectivity index (χ4n) is 8.58. The number of halogens is 3. The van der Waals surface area contributed by atoms with Gasteiger partial charge < -0.3 is 14.8 Å². The second kappa shape index (κ2) is 11.3. The maximum atomic E-state index is 17.1. The van der Waals surface area contributed by atoms with Crippen LogP contribution in [0, 0.1) is 35.9 Å². The number of aromatic nitrogens is 5. The van der Waals surface area contributed by atoms with E-state index in [9.17, 15) is 10.1 Å². The Morgan fingerprint density at radius 1 is 1.15 bits per heavy atom. The molecule has 5 fully saturated rings. The van der Waals surface area contributed by atoms with Gasteiger partial charge in [-0.05, 0) is 68.7 Å². The lowest BCUT2D eigenvalue weighted by atomic mass is 9.79. The van der Waals surface area contributed by atoms with Gasteiger partial charge in [-0.3, -0.25) is 4.79 Å². The summed E-state index contributed by atoms with van der Waals surface area (Å²) in [4.78, 5) is 22.5. The Kier molecular flexibility index (Phi) is 7.05. The number of carbonyl (C=O) groups excluding carboxylic acids is 1. The first-order valence-corrected chi connectivity index (χ1v) is 17.5. The molecule has 244 valence electrons. The number of carbonyl (C=O) groups is 1. The van der Waals surface area contributed by atoms with Crippen molar-refractivity contribution >= 4 is 50.9 Å². The molecule has 5 unspecified atom stereocenters. The van der Waals surface area contributed by atoms with Gasteiger partial charge in [0.15, 0.2) is 5.82 Å². The van der Waals surface area contributed by atoms with Crippen LogP contribution < -0.4 is 5.32 Å². The summed E-state index contributed by atoms with van der Waals surface area (Å²) in [6.45, 7) is 3.39. The van der Waals surface area contributed by atoms with E-state index in [1.54, 1.807) is 35.4 Å². The van der Waals surface area contributed by atoms with Gasteiger partial charge in [-0.1, -0.05) is 35.3 Å². The van der Waals surface area contributed by atoms with Crippen LogP contribution in [0.1, 0.15) is 67.2 Å². The molecule has 1 N–H and O–H groups in total. The number of hydrogen-bond acceptors (Lipinski definition) is 6. The molecule has 2 bridgehead atoms. The zero-order valence-corrected chi connectivity index (χ0v) is 27.8. The Morgan fingerprint density at radius 2 is 1.96 bits per heavy atom. The Bertz CT molecular complexity index is 2160. The number of benzene rings is 2. The summed E-state index contributed by atoms with van der Waals surface area (Å²) in [7, 11) is 0. The molecule has 2 saturated carbocycles. The lowest BCUT2D eigenvalue weighted by Crippen LogP contribution is -2.41. The lowest BCUT2D eigenvalue weighted by Gasteiger charge is -2.39. The van der Waals surface area contributed by atoms with E-state index in [2.05, 4.69) is 32.2 Å². The predicted molar refractivity (Wildman–Crippen MR) is 181 cm³/mol. The van der Waals surface area contributed by atoms with Crippen molar-refractivity contribution in [1.29, 1.82) is 5.26 Å². The molecular weight excluding hydrogens is 650 g/mol. The summed E-state index contributed by atoms with van der Waals surface area (Å²) in [5, 5.41) is 24.4. The van der Waals surface area contributed by atoms with Gasteiger partial charge in [0.05, 0.1) is 52.2 Å². The monoisotopic (exact) mass is 682 g/mol. The first-order valence-electron chi connectivity index (χ1n) is 16.7. The highest BCUT2D eigenvalue weighted by Crippen LogP contribution is 2.52. The number of nitrogens with zero attached hydrogens (tertiary/aromatic N) is 7. The van der Waals surface area contributed by atoms with E-state index >= 15 is 4.39 Å². The number of rotatable bonds is 7. The van der Waals surface area contributed by atoms with Gasteiger partial charge in [-0.2, -0.15) is 20.3 Å². The lowest BCUT2D eigenvalue weighted by molar-refractivity contribution is -0.133. The average Bonchev–Trinajstić information content (AvgIpc) is 3.61. The molecule has 3 aliphatic heterocycles. The van der Waals surface area contributed by atoms with Crippen LogP contribution in [0.3, 0.4) is 0 Å². The van der Waals surface area contributed by atoms with Gasteiger partial charge in [0, 0.05) is 64.8 Å². The van der Waals surface area contributed by atoms with Crippen molar-refractivity contribution in [3.63, 3.8) is 0 Å². The molecule has 1 amide bonds. The van der Waals surface area contributed by atoms with Crippen LogP contribution in [0.15, 0.2) is 42.7 Å². The Balaban J connectivity index is 1.30. The molecule has 0 spiro atoms. The minimum atomic E-state index is -0.477. The van der Waals surface area contributed by atoms with Crippen molar-refractivity contribution in [2.45, 2.75) is 69.6 Å². The van der Waals surface area contributed by atoms with E-state index in [0.29, 0.717) is 58.1 Å². The predicted octanol–water partition coefficient (Wildman–Crippen LogP) is 7.12. The molecular formula is C36H33Cl2FN8O. The normalized spacial score (nSPS) is 24.8. The number of likely N-dealkylation sites (tertiary alicyclic amines) is 1. The SMILES string of the molecule is Cc1nc2c(F)c(-c3cccc(Cl)c3Cl)c(CCC#N)cc2c2c1cc(C1CC(n3nccn3)CN1C(=O)C1CC1)n2C1C2CNC1C2. The van der Waals surface area contributed by atoms with E-state index in [0.717, 1.165) is 42.4 Å². The van der Waals surface area contributed by atoms with Crippen LogP contribution in [0.4, 0.5) is 4.39 Å². The third kappa shape index (κ3) is 4.51. The van der Waals surface area contributed by atoms with E-state index < -0.39 is 5.82 Å². The van der Waals surface area contributed by atoms with Crippen molar-refractivity contribution < 1.29 is 9.18 Å². The summed E-state index contributed by atoms with van der Waals surface area (Å²) in [6.07, 6.45) is 7.52. The molecule has 12 heteroatoms. The zero-order chi connectivity index (χ0) is 32.8. The fraction of sp³-hybridized carbons (Fsp3) is 0.417. The van der Waals surface area contributed by atoms with Crippen LogP contribution in [0.2, 0.25) is 10.0 Å². The molecule has 0 radical (unpaired) electrons. The molecule has 9 nitrogen and oxygen atoms in total. The molecule has 48 heavy (non-hydrogen) atoms. The average molecular weight is 684 g/mol. The smallest absolute Gasteiger partial charge is 0.226 e. The van der Waals surface area contributed by atoms with Crippen LogP contribution in [-0.4, -0.2) is 54.5 Å². The maximum Gasteiger partial charge on any atom is 0.226 e. The summed E-state index contributed by atoms with van der Waals surface area (Å²) >= 11 is 13.1. The van der Waals surface area contributed by atoms with Gasteiger partial charge >= 0.3 is 0 Å². The number of hydrogen-bond donors (Lipinski definition) is 1. The number of amides is 1. The summed E-state index contributed by atoms with van der Waals surface area (Å²) in [6, 6.07) is 11.8. The second-order valence-corrected chi connectivity index (χ2v) is 14.6. The quantitative estimate of drug-likeness (QED) is 0.196. The molecule has 6 heterocycles. The number of nitrogens with one attached hydrogen (secondary N) is 1. The first-order chi connectivity index (χ1) is 23.3. The Hall–Kier alpha value is -4.04. The third-order valence-electron chi connectivity index (χ3n) is 11.0. The van der Waals surface area contributed by atoms with Crippen molar-refractivity contribution in [1.82, 2.24) is 34.8 Å². The van der Waals surface area contributed by atoms with E-state index in [1.807, 2.05) is 17.9 Å². The highest BCUT2D eigenvalue weighted by atomic mass is 35.5. The van der Waals surface area contributed by atoms with E-state index in [4.69, 9.17) is 28.2 Å². The van der Waals surface area contributed by atoms with Crippen molar-refractivity contribution in [2.24, 2.45) is 11.8 Å². The van der Waals surface area contributed by atoms with Crippen LogP contribution in [0.25, 0.3) is 32.9 Å². The molecule has 10 rings (SSSR count). The molecule has 3 saturated heterocycles. The van der Waals surface area contributed by atoms with E-state index in [-0.39, 0.29) is 53.0 Å². The van der Waals surface area contributed by atoms with Crippen LogP contribution in [-0.2, 0) is 11.2 Å². The minimum absolute atomic E-state index is 0.0496. The van der Waals surface area contributed by atoms with Crippen molar-refractivity contribution in [3.8, 4) is 17.2 Å². The molecule has 5 aliphatic rings. The standard InChI is InChI=1S/C36H33Cl2FN8O/c1-18-24-15-29(28-14-22(47-42-10-11-43-47)17-45(28)36(48)19-7-8-19)46(34-21-13-27(34)41-16-21)35(24)25-12-20(4-3-9-40)30(32(39)33(25)44-18)23-5-2-6-26(37)31(23)38/h2,5-6,10-12,15,19,21-22,27-28,34,41H,3-4,7-8,13-14,16-17H2,1H3. The second-order valence-electron chi connectivity index (χ2n) is 13.8. The van der Waals surface area contributed by atoms with Gasteiger partial charge in [0.2, 0.25) is 5.91 Å². The number of pyridine rings is 1. The maximum absolute atomic E-state index is 17.1. The van der Waals surface area contributed by atoms with Gasteiger partial charge in [-0.15, -0.1) is 0 Å². The van der Waals surface area contributed by atoms with Crippen LogP contribution >= 0.6 is 23.2 Å². The minimum Gasteiger partial charge on any atom is -0.337 e. The molecule has 2 aromatic carbocycles. The van der Waals surface area contributed by atoms with Gasteiger partial charge in [0.25, 0.3) is 0 Å². The van der Waals surface area contributed by atoms with Crippen LogP contribution in [0.5, 0.6) is 0 Å². The highest BCUT2D eigenvalue weighted by molar-refractivity contribution is 6.43.